The number of carbonyl (C=O) groups excluding carboxylic acids is 1. The first kappa shape index (κ1) is 19.3. The fourth-order valence-corrected chi connectivity index (χ4v) is 5.49. The standard InChI is InChI=1S/C15H20Cl2N2O4S/c1-19(6-10-5-11(16)3-4-14(10)23-2)7-15(20)18-13-9-24(21,22)8-12(13)17/h3-5,12-13H,6-9H2,1-2H3,(H,18,20)/p+1/t12-,13+/m0/s1. The summed E-state index contributed by atoms with van der Waals surface area (Å²) in [4.78, 5) is 13.1. The predicted octanol–water partition coefficient (Wildman–Crippen LogP) is -0.116. The van der Waals surface area contributed by atoms with E-state index < -0.39 is 21.3 Å². The van der Waals surface area contributed by atoms with Crippen LogP contribution in [0.1, 0.15) is 5.56 Å². The van der Waals surface area contributed by atoms with Gasteiger partial charge in [-0.05, 0) is 18.2 Å². The zero-order chi connectivity index (χ0) is 17.9. The molecule has 3 atom stereocenters. The summed E-state index contributed by atoms with van der Waals surface area (Å²) in [6.07, 6.45) is 0. The number of hydrogen-bond acceptors (Lipinski definition) is 4. The zero-order valence-electron chi connectivity index (χ0n) is 13.5. The number of benzene rings is 1. The highest BCUT2D eigenvalue weighted by molar-refractivity contribution is 7.91. The van der Waals surface area contributed by atoms with E-state index in [0.29, 0.717) is 17.3 Å². The maximum atomic E-state index is 12.1. The number of sulfone groups is 1. The highest BCUT2D eigenvalue weighted by atomic mass is 35.5. The number of rotatable bonds is 6. The first-order valence-electron chi connectivity index (χ1n) is 7.48. The molecule has 6 nitrogen and oxygen atoms in total. The molecule has 0 saturated carbocycles. The highest BCUT2D eigenvalue weighted by Crippen LogP contribution is 2.21. The Hall–Kier alpha value is -1.02. The lowest BCUT2D eigenvalue weighted by Gasteiger charge is -2.18. The molecule has 2 N–H and O–H groups in total. The van der Waals surface area contributed by atoms with E-state index in [9.17, 15) is 13.2 Å². The van der Waals surface area contributed by atoms with Crippen LogP contribution in [0, 0.1) is 0 Å². The van der Waals surface area contributed by atoms with Gasteiger partial charge in [0.25, 0.3) is 5.91 Å². The molecule has 1 aromatic rings. The second-order valence-corrected chi connectivity index (χ2v) is 9.18. The number of ether oxygens (including phenoxy) is 1. The van der Waals surface area contributed by atoms with Crippen molar-refractivity contribution >= 4 is 38.9 Å². The van der Waals surface area contributed by atoms with Crippen LogP contribution in [0.4, 0.5) is 0 Å². The molecular weight excluding hydrogens is 375 g/mol. The van der Waals surface area contributed by atoms with E-state index in [4.69, 9.17) is 27.9 Å². The van der Waals surface area contributed by atoms with E-state index in [0.717, 1.165) is 10.5 Å². The first-order valence-corrected chi connectivity index (χ1v) is 10.1. The Bertz CT molecular complexity index is 711. The molecule has 1 fully saturated rings. The number of quaternary nitrogens is 1. The summed E-state index contributed by atoms with van der Waals surface area (Å²) in [6.45, 7) is 0.736. The van der Waals surface area contributed by atoms with Crippen LogP contribution in [0.3, 0.4) is 0 Å². The molecule has 1 aromatic carbocycles. The maximum absolute atomic E-state index is 12.1. The van der Waals surface area contributed by atoms with Crippen LogP contribution in [-0.2, 0) is 21.2 Å². The molecule has 134 valence electrons. The van der Waals surface area contributed by atoms with Gasteiger partial charge in [0.1, 0.15) is 12.3 Å². The first-order chi connectivity index (χ1) is 11.2. The smallest absolute Gasteiger partial charge is 0.275 e. The van der Waals surface area contributed by atoms with Gasteiger partial charge in [0, 0.05) is 10.6 Å². The van der Waals surface area contributed by atoms with Crippen molar-refractivity contribution in [2.75, 3.05) is 32.2 Å². The molecule has 1 heterocycles. The average Bonchev–Trinajstić information content (AvgIpc) is 2.71. The van der Waals surface area contributed by atoms with Gasteiger partial charge in [0.05, 0.1) is 37.1 Å². The zero-order valence-corrected chi connectivity index (χ0v) is 15.8. The van der Waals surface area contributed by atoms with Gasteiger partial charge >= 0.3 is 0 Å². The van der Waals surface area contributed by atoms with E-state index in [1.165, 1.54) is 0 Å². The summed E-state index contributed by atoms with van der Waals surface area (Å²) in [5.74, 6) is 0.277. The molecule has 1 saturated heterocycles. The van der Waals surface area contributed by atoms with Gasteiger partial charge in [0.15, 0.2) is 16.4 Å². The molecule has 1 unspecified atom stereocenters. The van der Waals surface area contributed by atoms with Gasteiger partial charge < -0.3 is 15.0 Å². The minimum absolute atomic E-state index is 0.0953. The number of amides is 1. The largest absolute Gasteiger partial charge is 0.496 e. The Kier molecular flexibility index (Phi) is 6.36. The molecule has 2 rings (SSSR count). The van der Waals surface area contributed by atoms with Crippen molar-refractivity contribution in [2.24, 2.45) is 0 Å². The lowest BCUT2D eigenvalue weighted by atomic mass is 10.2. The molecule has 0 aliphatic carbocycles. The molecule has 0 bridgehead atoms. The second-order valence-electron chi connectivity index (χ2n) is 6.03. The van der Waals surface area contributed by atoms with Crippen LogP contribution in [0.15, 0.2) is 18.2 Å². The summed E-state index contributed by atoms with van der Waals surface area (Å²) in [7, 11) is 0.278. The fourth-order valence-electron chi connectivity index (χ4n) is 2.74. The highest BCUT2D eigenvalue weighted by Gasteiger charge is 2.37. The Morgan fingerprint density at radius 1 is 1.42 bits per heavy atom. The molecule has 1 amide bonds. The van der Waals surface area contributed by atoms with Crippen LogP contribution >= 0.6 is 23.2 Å². The summed E-state index contributed by atoms with van der Waals surface area (Å²) < 4.78 is 28.4. The van der Waals surface area contributed by atoms with E-state index in [-0.39, 0.29) is 24.0 Å². The average molecular weight is 396 g/mol. The van der Waals surface area contributed by atoms with Crippen LogP contribution < -0.4 is 15.0 Å². The van der Waals surface area contributed by atoms with Gasteiger partial charge in [0.2, 0.25) is 0 Å². The summed E-state index contributed by atoms with van der Waals surface area (Å²) in [5, 5.41) is 2.74. The Morgan fingerprint density at radius 3 is 2.71 bits per heavy atom. The van der Waals surface area contributed by atoms with Crippen molar-refractivity contribution in [1.29, 1.82) is 0 Å². The van der Waals surface area contributed by atoms with Gasteiger partial charge in [-0.15, -0.1) is 11.6 Å². The minimum Gasteiger partial charge on any atom is -0.496 e. The van der Waals surface area contributed by atoms with Crippen LogP contribution in [-0.4, -0.2) is 58.0 Å². The number of hydrogen-bond donors (Lipinski definition) is 2. The topological polar surface area (TPSA) is 76.9 Å². The number of alkyl halides is 1. The normalized spacial score (nSPS) is 23.7. The lowest BCUT2D eigenvalue weighted by Crippen LogP contribution is -3.09. The number of nitrogens with one attached hydrogen (secondary N) is 2. The quantitative estimate of drug-likeness (QED) is 0.658. The van der Waals surface area contributed by atoms with Gasteiger partial charge in [-0.25, -0.2) is 8.42 Å². The van der Waals surface area contributed by atoms with Crippen molar-refractivity contribution in [2.45, 2.75) is 18.0 Å². The number of methoxy groups -OCH3 is 1. The van der Waals surface area contributed by atoms with Crippen molar-refractivity contribution in [3.05, 3.63) is 28.8 Å². The molecule has 0 radical (unpaired) electrons. The van der Waals surface area contributed by atoms with E-state index in [1.807, 2.05) is 7.05 Å². The molecular formula is C15H21Cl2N2O4S+. The van der Waals surface area contributed by atoms with Crippen molar-refractivity contribution < 1.29 is 22.8 Å². The van der Waals surface area contributed by atoms with E-state index in [1.54, 1.807) is 25.3 Å². The Balaban J connectivity index is 1.92. The predicted molar refractivity (Wildman–Crippen MR) is 93.7 cm³/mol. The molecule has 1 aliphatic rings. The van der Waals surface area contributed by atoms with Gasteiger partial charge in [-0.3, -0.25) is 4.79 Å². The number of carbonyl (C=O) groups is 1. The molecule has 0 spiro atoms. The van der Waals surface area contributed by atoms with Gasteiger partial charge in [-0.2, -0.15) is 0 Å². The van der Waals surface area contributed by atoms with Gasteiger partial charge in [-0.1, -0.05) is 11.6 Å². The van der Waals surface area contributed by atoms with Crippen molar-refractivity contribution in [1.82, 2.24) is 5.32 Å². The monoisotopic (exact) mass is 395 g/mol. The number of halogens is 2. The van der Waals surface area contributed by atoms with Crippen LogP contribution in [0.2, 0.25) is 5.02 Å². The Morgan fingerprint density at radius 2 is 2.12 bits per heavy atom. The third-order valence-electron chi connectivity index (χ3n) is 3.83. The molecule has 24 heavy (non-hydrogen) atoms. The molecule has 9 heteroatoms. The molecule has 1 aliphatic heterocycles. The van der Waals surface area contributed by atoms with E-state index in [2.05, 4.69) is 5.32 Å². The van der Waals surface area contributed by atoms with E-state index >= 15 is 0 Å². The van der Waals surface area contributed by atoms with Crippen molar-refractivity contribution in [3.63, 3.8) is 0 Å². The summed E-state index contributed by atoms with van der Waals surface area (Å²) >= 11 is 12.0. The van der Waals surface area contributed by atoms with Crippen molar-refractivity contribution in [3.8, 4) is 5.75 Å². The maximum Gasteiger partial charge on any atom is 0.275 e. The third-order valence-corrected chi connectivity index (χ3v) is 6.44. The lowest BCUT2D eigenvalue weighted by molar-refractivity contribution is -0.885. The SMILES string of the molecule is COc1ccc(Cl)cc1C[NH+](C)CC(=O)N[C@@H]1CS(=O)(=O)C[C@@H]1Cl. The fraction of sp³-hybridized carbons (Fsp3) is 0.533. The molecule has 0 aromatic heterocycles. The summed E-state index contributed by atoms with van der Waals surface area (Å²) in [6, 6.07) is 4.80. The third kappa shape index (κ3) is 5.24. The summed E-state index contributed by atoms with van der Waals surface area (Å²) in [5.41, 5.74) is 0.897. The van der Waals surface area contributed by atoms with Crippen LogP contribution in [0.25, 0.3) is 0 Å². The van der Waals surface area contributed by atoms with Crippen LogP contribution in [0.5, 0.6) is 5.75 Å². The Labute approximate surface area is 152 Å². The number of likely N-dealkylation sites (N-methyl/N-ethyl adjacent to an activating group) is 1. The minimum atomic E-state index is -3.17. The second kappa shape index (κ2) is 7.91.